The molecule has 1 amide bonds. The van der Waals surface area contributed by atoms with Crippen molar-refractivity contribution in [3.05, 3.63) is 46.3 Å². The van der Waals surface area contributed by atoms with Gasteiger partial charge in [0.1, 0.15) is 11.9 Å². The molecule has 16 heavy (non-hydrogen) atoms. The third-order valence-corrected chi connectivity index (χ3v) is 2.60. The predicted molar refractivity (Wildman–Crippen MR) is 61.2 cm³/mol. The van der Waals surface area contributed by atoms with Crippen LogP contribution in [-0.2, 0) is 0 Å². The first-order valence-electron chi connectivity index (χ1n) is 4.49. The summed E-state index contributed by atoms with van der Waals surface area (Å²) >= 11 is 1.46. The van der Waals surface area contributed by atoms with Gasteiger partial charge in [0.25, 0.3) is 5.91 Å². The number of rotatable bonds is 2. The van der Waals surface area contributed by atoms with Crippen molar-refractivity contribution in [1.82, 2.24) is 4.98 Å². The zero-order valence-corrected chi connectivity index (χ0v) is 8.99. The van der Waals surface area contributed by atoms with E-state index in [0.717, 1.165) is 0 Å². The van der Waals surface area contributed by atoms with Crippen molar-refractivity contribution >= 4 is 23.1 Å². The summed E-state index contributed by atoms with van der Waals surface area (Å²) in [4.78, 5) is 15.6. The molecule has 0 aliphatic heterocycles. The number of carbonyl (C=O) groups excluding carboxylic acids is 1. The molecule has 1 N–H and O–H groups in total. The van der Waals surface area contributed by atoms with E-state index in [-0.39, 0.29) is 5.91 Å². The maximum absolute atomic E-state index is 11.6. The second kappa shape index (κ2) is 4.55. The number of thiophene rings is 1. The van der Waals surface area contributed by atoms with Gasteiger partial charge in [-0.1, -0.05) is 0 Å². The molecule has 0 radical (unpaired) electrons. The second-order valence-electron chi connectivity index (χ2n) is 3.01. The minimum absolute atomic E-state index is 0.196. The molecule has 0 aromatic carbocycles. The molecule has 4 nitrogen and oxygen atoms in total. The minimum atomic E-state index is -0.196. The third kappa shape index (κ3) is 2.24. The molecule has 0 bridgehead atoms. The van der Waals surface area contributed by atoms with E-state index in [4.69, 9.17) is 5.26 Å². The molecule has 2 aromatic rings. The van der Waals surface area contributed by atoms with Gasteiger partial charge in [0, 0.05) is 11.6 Å². The quantitative estimate of drug-likeness (QED) is 0.859. The summed E-state index contributed by atoms with van der Waals surface area (Å²) in [6.45, 7) is 0. The van der Waals surface area contributed by atoms with Gasteiger partial charge in [0.15, 0.2) is 0 Å². The minimum Gasteiger partial charge on any atom is -0.307 e. The molecule has 0 saturated heterocycles. The topological polar surface area (TPSA) is 65.8 Å². The van der Waals surface area contributed by atoms with E-state index in [2.05, 4.69) is 10.3 Å². The van der Waals surface area contributed by atoms with Gasteiger partial charge in [-0.15, -0.1) is 0 Å². The van der Waals surface area contributed by atoms with Crippen LogP contribution in [-0.4, -0.2) is 10.9 Å². The Balaban J connectivity index is 2.10. The highest BCUT2D eigenvalue weighted by molar-refractivity contribution is 7.08. The van der Waals surface area contributed by atoms with Gasteiger partial charge < -0.3 is 5.32 Å². The van der Waals surface area contributed by atoms with Gasteiger partial charge in [-0.25, -0.2) is 4.98 Å². The maximum Gasteiger partial charge on any atom is 0.257 e. The molecule has 0 unspecified atom stereocenters. The summed E-state index contributed by atoms with van der Waals surface area (Å²) in [7, 11) is 0. The first-order chi connectivity index (χ1) is 7.79. The van der Waals surface area contributed by atoms with Crippen LogP contribution in [0.25, 0.3) is 0 Å². The molecule has 2 heterocycles. The van der Waals surface area contributed by atoms with Crippen LogP contribution in [0.15, 0.2) is 35.2 Å². The summed E-state index contributed by atoms with van der Waals surface area (Å²) in [5, 5.41) is 14.8. The number of anilines is 1. The number of pyridine rings is 1. The third-order valence-electron chi connectivity index (χ3n) is 1.92. The largest absolute Gasteiger partial charge is 0.307 e. The summed E-state index contributed by atoms with van der Waals surface area (Å²) in [5.41, 5.74) is 1.07. The normalized spacial score (nSPS) is 9.44. The van der Waals surface area contributed by atoms with E-state index >= 15 is 0 Å². The molecule has 0 atom stereocenters. The fraction of sp³-hybridized carbons (Fsp3) is 0. The number of nitrogens with one attached hydrogen (secondary N) is 1. The molecule has 5 heteroatoms. The van der Waals surface area contributed by atoms with E-state index in [1.807, 2.05) is 11.4 Å². The van der Waals surface area contributed by atoms with E-state index in [9.17, 15) is 4.79 Å². The van der Waals surface area contributed by atoms with Crippen LogP contribution >= 0.6 is 11.3 Å². The molecule has 0 fully saturated rings. The van der Waals surface area contributed by atoms with Gasteiger partial charge in [0.05, 0.1) is 11.1 Å². The Morgan fingerprint density at radius 3 is 2.88 bits per heavy atom. The standard InChI is InChI=1S/C11H7N3OS/c12-5-8-1-2-10(13-6-8)14-11(15)9-3-4-16-7-9/h1-4,6-7H,(H,13,14,15). The van der Waals surface area contributed by atoms with Gasteiger partial charge >= 0.3 is 0 Å². The van der Waals surface area contributed by atoms with Crippen molar-refractivity contribution < 1.29 is 4.79 Å². The van der Waals surface area contributed by atoms with Crippen molar-refractivity contribution in [1.29, 1.82) is 5.26 Å². The monoisotopic (exact) mass is 229 g/mol. The molecule has 2 aromatic heterocycles. The number of carbonyl (C=O) groups is 1. The fourth-order valence-electron chi connectivity index (χ4n) is 1.12. The Morgan fingerprint density at radius 1 is 1.44 bits per heavy atom. The second-order valence-corrected chi connectivity index (χ2v) is 3.79. The number of aromatic nitrogens is 1. The van der Waals surface area contributed by atoms with Crippen LogP contribution < -0.4 is 5.32 Å². The lowest BCUT2D eigenvalue weighted by atomic mass is 10.3. The molecule has 78 valence electrons. The Bertz CT molecular complexity index is 525. The zero-order chi connectivity index (χ0) is 11.4. The first kappa shape index (κ1) is 10.3. The number of hydrogen-bond donors (Lipinski definition) is 1. The molecule has 0 spiro atoms. The summed E-state index contributed by atoms with van der Waals surface area (Å²) in [5.74, 6) is 0.244. The lowest BCUT2D eigenvalue weighted by molar-refractivity contribution is 0.102. The maximum atomic E-state index is 11.6. The average Bonchev–Trinajstić information content (AvgIpc) is 2.83. The van der Waals surface area contributed by atoms with Crippen molar-refractivity contribution in [3.8, 4) is 6.07 Å². The van der Waals surface area contributed by atoms with Crippen LogP contribution in [0.4, 0.5) is 5.82 Å². The van der Waals surface area contributed by atoms with Crippen LogP contribution in [0.3, 0.4) is 0 Å². The van der Waals surface area contributed by atoms with Gasteiger partial charge in [-0.05, 0) is 23.6 Å². The molecule has 0 aliphatic rings. The van der Waals surface area contributed by atoms with Crippen LogP contribution in [0, 0.1) is 11.3 Å². The average molecular weight is 229 g/mol. The van der Waals surface area contributed by atoms with E-state index in [1.54, 1.807) is 23.6 Å². The zero-order valence-electron chi connectivity index (χ0n) is 8.18. The van der Waals surface area contributed by atoms with Crippen LogP contribution in [0.5, 0.6) is 0 Å². The smallest absolute Gasteiger partial charge is 0.257 e. The van der Waals surface area contributed by atoms with E-state index < -0.39 is 0 Å². The number of hydrogen-bond acceptors (Lipinski definition) is 4. The van der Waals surface area contributed by atoms with E-state index in [0.29, 0.717) is 16.9 Å². The van der Waals surface area contributed by atoms with Crippen LogP contribution in [0.2, 0.25) is 0 Å². The first-order valence-corrected chi connectivity index (χ1v) is 5.43. The number of amides is 1. The molecular weight excluding hydrogens is 222 g/mol. The van der Waals surface area contributed by atoms with Crippen molar-refractivity contribution in [2.75, 3.05) is 5.32 Å². The number of nitriles is 1. The molecule has 0 aliphatic carbocycles. The number of nitrogens with zero attached hydrogens (tertiary/aromatic N) is 2. The van der Waals surface area contributed by atoms with Gasteiger partial charge in [-0.2, -0.15) is 16.6 Å². The van der Waals surface area contributed by atoms with Crippen molar-refractivity contribution in [3.63, 3.8) is 0 Å². The lowest BCUT2D eigenvalue weighted by Crippen LogP contribution is -2.11. The molecular formula is C11H7N3OS. The van der Waals surface area contributed by atoms with Crippen molar-refractivity contribution in [2.24, 2.45) is 0 Å². The molecule has 0 saturated carbocycles. The lowest BCUT2D eigenvalue weighted by Gasteiger charge is -2.01. The summed E-state index contributed by atoms with van der Waals surface area (Å²) in [6.07, 6.45) is 1.42. The Morgan fingerprint density at radius 2 is 2.31 bits per heavy atom. The Hall–Kier alpha value is -2.19. The van der Waals surface area contributed by atoms with Crippen LogP contribution in [0.1, 0.15) is 15.9 Å². The SMILES string of the molecule is N#Cc1ccc(NC(=O)c2ccsc2)nc1. The highest BCUT2D eigenvalue weighted by Crippen LogP contribution is 2.10. The van der Waals surface area contributed by atoms with E-state index in [1.165, 1.54) is 17.5 Å². The van der Waals surface area contributed by atoms with Crippen molar-refractivity contribution in [2.45, 2.75) is 0 Å². The predicted octanol–water partition coefficient (Wildman–Crippen LogP) is 2.27. The van der Waals surface area contributed by atoms with Gasteiger partial charge in [-0.3, -0.25) is 4.79 Å². The Kier molecular flexibility index (Phi) is 2.94. The molecule has 2 rings (SSSR count). The highest BCUT2D eigenvalue weighted by Gasteiger charge is 2.06. The Labute approximate surface area is 96.2 Å². The highest BCUT2D eigenvalue weighted by atomic mass is 32.1. The summed E-state index contributed by atoms with van der Waals surface area (Å²) < 4.78 is 0. The fourth-order valence-corrected chi connectivity index (χ4v) is 1.75. The van der Waals surface area contributed by atoms with Gasteiger partial charge in [0.2, 0.25) is 0 Å². The summed E-state index contributed by atoms with van der Waals surface area (Å²) in [6, 6.07) is 6.91.